The molecule has 0 unspecified atom stereocenters. The number of esters is 1. The number of hydrogen-bond acceptors (Lipinski definition) is 5. The molecule has 0 spiro atoms. The normalized spacial score (nSPS) is 11.0. The van der Waals surface area contributed by atoms with E-state index in [2.05, 4.69) is 0 Å². The molecule has 0 amide bonds. The Morgan fingerprint density at radius 2 is 2.00 bits per heavy atom. The first-order valence-corrected chi connectivity index (χ1v) is 9.75. The second-order valence-electron chi connectivity index (χ2n) is 7.06. The zero-order valence-electron chi connectivity index (χ0n) is 17.7. The van der Waals surface area contributed by atoms with Gasteiger partial charge < -0.3 is 9.47 Å². The van der Waals surface area contributed by atoms with Gasteiger partial charge in [-0.3, -0.25) is 9.69 Å². The number of hydrogen-bond donors (Lipinski definition) is 0. The Morgan fingerprint density at radius 3 is 2.67 bits per heavy atom. The first kappa shape index (κ1) is 21.5. The number of aryl methyl sites for hydroxylation is 1. The van der Waals surface area contributed by atoms with E-state index in [1.807, 2.05) is 49.3 Å². The van der Waals surface area contributed by atoms with Gasteiger partial charge in [0.15, 0.2) is 11.6 Å². The first-order chi connectivity index (χ1) is 14.4. The van der Waals surface area contributed by atoms with E-state index in [9.17, 15) is 9.18 Å². The number of methoxy groups -OCH3 is 1. The van der Waals surface area contributed by atoms with Crippen molar-refractivity contribution < 1.29 is 18.7 Å². The number of carbonyl (C=O) groups excluding carboxylic acids is 1. The topological polar surface area (TPSA) is 56.6 Å². The van der Waals surface area contributed by atoms with Crippen molar-refractivity contribution >= 4 is 5.97 Å². The van der Waals surface area contributed by atoms with Crippen LogP contribution in [0.2, 0.25) is 0 Å². The van der Waals surface area contributed by atoms with Crippen LogP contribution in [-0.4, -0.2) is 48.0 Å². The maximum absolute atomic E-state index is 14.3. The number of halogens is 1. The van der Waals surface area contributed by atoms with Gasteiger partial charge in [-0.1, -0.05) is 18.2 Å². The minimum Gasteiger partial charge on any atom is -0.494 e. The maximum Gasteiger partial charge on any atom is 0.320 e. The number of ether oxygens (including phenoxy) is 2. The van der Waals surface area contributed by atoms with Crippen LogP contribution in [0.5, 0.6) is 5.75 Å². The summed E-state index contributed by atoms with van der Waals surface area (Å²) in [6.07, 6.45) is 1.92. The monoisotopic (exact) mass is 411 g/mol. The molecule has 0 aliphatic heterocycles. The lowest BCUT2D eigenvalue weighted by Gasteiger charge is -2.15. The number of nitrogens with zero attached hydrogens (tertiary/aromatic N) is 3. The lowest BCUT2D eigenvalue weighted by Crippen LogP contribution is -2.27. The summed E-state index contributed by atoms with van der Waals surface area (Å²) in [7, 11) is 3.27. The molecule has 1 aromatic heterocycles. The lowest BCUT2D eigenvalue weighted by molar-refractivity contribution is -0.144. The molecule has 30 heavy (non-hydrogen) atoms. The molecule has 1 heterocycles. The molecule has 7 heteroatoms. The van der Waals surface area contributed by atoms with Crippen LogP contribution in [0.4, 0.5) is 4.39 Å². The van der Waals surface area contributed by atoms with Crippen LogP contribution >= 0.6 is 0 Å². The van der Waals surface area contributed by atoms with Gasteiger partial charge in [-0.2, -0.15) is 5.10 Å². The predicted molar refractivity (Wildman–Crippen MR) is 113 cm³/mol. The van der Waals surface area contributed by atoms with Crippen molar-refractivity contribution in [3.63, 3.8) is 0 Å². The SMILES string of the molecule is CCOC(=O)CN(C)Cc1cn(-c2ccccc2C)nc1-c1ccc(OC)c(F)c1. The van der Waals surface area contributed by atoms with Gasteiger partial charge in [0.25, 0.3) is 0 Å². The lowest BCUT2D eigenvalue weighted by atomic mass is 10.1. The Hall–Kier alpha value is -3.19. The van der Waals surface area contributed by atoms with Crippen LogP contribution < -0.4 is 4.74 Å². The number of likely N-dealkylation sites (N-methyl/N-ethyl adjacent to an activating group) is 1. The van der Waals surface area contributed by atoms with Gasteiger partial charge in [-0.05, 0) is 50.7 Å². The van der Waals surface area contributed by atoms with Crippen molar-refractivity contribution in [2.45, 2.75) is 20.4 Å². The molecular weight excluding hydrogens is 385 g/mol. The quantitative estimate of drug-likeness (QED) is 0.525. The summed E-state index contributed by atoms with van der Waals surface area (Å²) in [4.78, 5) is 13.7. The average molecular weight is 411 g/mol. The third-order valence-corrected chi connectivity index (χ3v) is 4.72. The van der Waals surface area contributed by atoms with Crippen LogP contribution in [0.25, 0.3) is 16.9 Å². The highest BCUT2D eigenvalue weighted by molar-refractivity contribution is 5.71. The fourth-order valence-electron chi connectivity index (χ4n) is 3.30. The number of carbonyl (C=O) groups is 1. The minimum atomic E-state index is -0.453. The van der Waals surface area contributed by atoms with Gasteiger partial charge in [0.1, 0.15) is 0 Å². The van der Waals surface area contributed by atoms with E-state index >= 15 is 0 Å². The van der Waals surface area contributed by atoms with E-state index in [0.717, 1.165) is 16.8 Å². The molecule has 0 atom stereocenters. The van der Waals surface area contributed by atoms with E-state index in [-0.39, 0.29) is 18.3 Å². The Labute approximate surface area is 175 Å². The molecule has 0 fully saturated rings. The van der Waals surface area contributed by atoms with Crippen molar-refractivity contribution in [3.8, 4) is 22.7 Å². The van der Waals surface area contributed by atoms with Crippen LogP contribution in [0.3, 0.4) is 0 Å². The largest absolute Gasteiger partial charge is 0.494 e. The first-order valence-electron chi connectivity index (χ1n) is 9.75. The highest BCUT2D eigenvalue weighted by Crippen LogP contribution is 2.29. The van der Waals surface area contributed by atoms with Crippen LogP contribution in [0, 0.1) is 12.7 Å². The standard InChI is InChI=1S/C23H26FN3O3/c1-5-30-22(28)15-26(3)13-18-14-27(20-9-7-6-8-16(20)2)25-23(18)17-10-11-21(29-4)19(24)12-17/h6-12,14H,5,13,15H2,1-4H3. The summed E-state index contributed by atoms with van der Waals surface area (Å²) < 4.78 is 26.2. The Balaban J connectivity index is 2.00. The van der Waals surface area contributed by atoms with Gasteiger partial charge in [-0.25, -0.2) is 9.07 Å². The third-order valence-electron chi connectivity index (χ3n) is 4.72. The molecule has 0 N–H and O–H groups in total. The Kier molecular flexibility index (Phi) is 6.84. The van der Waals surface area contributed by atoms with Gasteiger partial charge in [0, 0.05) is 23.9 Å². The summed E-state index contributed by atoms with van der Waals surface area (Å²) in [6, 6.07) is 12.7. The molecule has 0 aliphatic rings. The van der Waals surface area contributed by atoms with Crippen molar-refractivity contribution in [1.29, 1.82) is 0 Å². The minimum absolute atomic E-state index is 0.153. The van der Waals surface area contributed by atoms with Gasteiger partial charge in [0.05, 0.1) is 31.6 Å². The highest BCUT2D eigenvalue weighted by Gasteiger charge is 2.18. The van der Waals surface area contributed by atoms with Gasteiger partial charge in [0.2, 0.25) is 0 Å². The van der Waals surface area contributed by atoms with Crippen molar-refractivity contribution in [1.82, 2.24) is 14.7 Å². The van der Waals surface area contributed by atoms with E-state index < -0.39 is 5.82 Å². The number of benzene rings is 2. The molecule has 6 nitrogen and oxygen atoms in total. The fourth-order valence-corrected chi connectivity index (χ4v) is 3.30. The molecule has 0 saturated carbocycles. The van der Waals surface area contributed by atoms with Crippen LogP contribution in [-0.2, 0) is 16.1 Å². The molecule has 3 aromatic rings. The van der Waals surface area contributed by atoms with Crippen molar-refractivity contribution in [2.24, 2.45) is 0 Å². The second kappa shape index (κ2) is 9.54. The van der Waals surface area contributed by atoms with E-state index in [1.54, 1.807) is 23.7 Å². The summed E-state index contributed by atoms with van der Waals surface area (Å²) in [6.45, 7) is 4.73. The molecule has 2 aromatic carbocycles. The molecule has 158 valence electrons. The molecular formula is C23H26FN3O3. The Morgan fingerprint density at radius 1 is 1.23 bits per heavy atom. The summed E-state index contributed by atoms with van der Waals surface area (Å²) in [5.41, 5.74) is 4.16. The van der Waals surface area contributed by atoms with E-state index in [0.29, 0.717) is 24.4 Å². The summed E-state index contributed by atoms with van der Waals surface area (Å²) in [5, 5.41) is 4.74. The number of para-hydroxylation sites is 1. The molecule has 3 rings (SSSR count). The van der Waals surface area contributed by atoms with Gasteiger partial charge >= 0.3 is 5.97 Å². The van der Waals surface area contributed by atoms with Crippen LogP contribution in [0.1, 0.15) is 18.1 Å². The van der Waals surface area contributed by atoms with Crippen LogP contribution in [0.15, 0.2) is 48.7 Å². The molecule has 0 bridgehead atoms. The zero-order valence-corrected chi connectivity index (χ0v) is 17.7. The summed E-state index contributed by atoms with van der Waals surface area (Å²) in [5.74, 6) is -0.562. The summed E-state index contributed by atoms with van der Waals surface area (Å²) >= 11 is 0. The number of rotatable bonds is 8. The second-order valence-corrected chi connectivity index (χ2v) is 7.06. The van der Waals surface area contributed by atoms with Crippen molar-refractivity contribution in [3.05, 3.63) is 65.6 Å². The van der Waals surface area contributed by atoms with E-state index in [4.69, 9.17) is 14.6 Å². The van der Waals surface area contributed by atoms with Crippen molar-refractivity contribution in [2.75, 3.05) is 27.3 Å². The average Bonchev–Trinajstić information content (AvgIpc) is 3.11. The molecule has 0 saturated heterocycles. The fraction of sp³-hybridized carbons (Fsp3) is 0.304. The van der Waals surface area contributed by atoms with E-state index in [1.165, 1.54) is 13.2 Å². The zero-order chi connectivity index (χ0) is 21.7. The predicted octanol–water partition coefficient (Wildman–Crippen LogP) is 3.99. The third kappa shape index (κ3) is 4.86. The highest BCUT2D eigenvalue weighted by atomic mass is 19.1. The van der Waals surface area contributed by atoms with Gasteiger partial charge in [-0.15, -0.1) is 0 Å². The Bertz CT molecular complexity index is 1030. The number of aromatic nitrogens is 2. The molecule has 0 aliphatic carbocycles. The maximum atomic E-state index is 14.3. The smallest absolute Gasteiger partial charge is 0.320 e. The molecule has 0 radical (unpaired) electrons.